The van der Waals surface area contributed by atoms with Gasteiger partial charge >= 0.3 is 6.18 Å². The number of halogens is 5. The molecular formula is C24H29Cl2F3N8O2S. The van der Waals surface area contributed by atoms with Crippen LogP contribution in [0.2, 0.25) is 5.02 Å². The number of likely N-dealkylation sites (N-methyl/N-ethyl adjacent to an activating group) is 1. The fraction of sp³-hybridized carbons (Fsp3) is 0.500. The quantitative estimate of drug-likeness (QED) is 0.269. The Kier molecular flexibility index (Phi) is 9.58. The molecule has 4 heterocycles. The highest BCUT2D eigenvalue weighted by atomic mass is 35.5. The van der Waals surface area contributed by atoms with E-state index in [1.165, 1.54) is 6.20 Å². The number of rotatable bonds is 10. The summed E-state index contributed by atoms with van der Waals surface area (Å²) >= 11 is 13.4. The van der Waals surface area contributed by atoms with Crippen LogP contribution in [0.5, 0.6) is 0 Å². The van der Waals surface area contributed by atoms with E-state index in [2.05, 4.69) is 35.8 Å². The summed E-state index contributed by atoms with van der Waals surface area (Å²) in [6.07, 6.45) is -2.13. The number of nitrogens with zero attached hydrogens (tertiary/aromatic N) is 5. The van der Waals surface area contributed by atoms with E-state index in [9.17, 15) is 18.0 Å². The second kappa shape index (κ2) is 12.6. The third kappa shape index (κ3) is 7.42. The predicted octanol–water partition coefficient (Wildman–Crippen LogP) is 4.13. The van der Waals surface area contributed by atoms with Gasteiger partial charge in [0, 0.05) is 19.8 Å². The van der Waals surface area contributed by atoms with E-state index in [1.54, 1.807) is 0 Å². The predicted molar refractivity (Wildman–Crippen MR) is 149 cm³/mol. The van der Waals surface area contributed by atoms with Gasteiger partial charge in [0.25, 0.3) is 5.91 Å². The molecule has 0 radical (unpaired) electrons. The standard InChI is InChI=1S/C24H29Cl2F3N8O2S/c1-12(23-32-10-15(40-23)21(38)35-16-8-13(24(27,28)29)14(25)9-31-16)34-22-19(39-22)18-17(26)20(33-11-37(18)4)30-6-5-7-36(2)3/h8-10,12,19,22,34H,5-7,11H2,1-4H3,(H,30,33)(H,31,35,38). The van der Waals surface area contributed by atoms with Crippen molar-refractivity contribution in [2.75, 3.05) is 46.2 Å². The number of aromatic nitrogens is 2. The Hall–Kier alpha value is -2.49. The van der Waals surface area contributed by atoms with Crippen LogP contribution in [0.3, 0.4) is 0 Å². The molecule has 0 aromatic carbocycles. The second-order valence-corrected chi connectivity index (χ2v) is 11.4. The number of nitrogens with one attached hydrogen (secondary N) is 3. The van der Waals surface area contributed by atoms with Crippen molar-refractivity contribution < 1.29 is 22.7 Å². The van der Waals surface area contributed by atoms with Crippen molar-refractivity contribution in [2.45, 2.75) is 37.9 Å². The van der Waals surface area contributed by atoms with Gasteiger partial charge in [0.15, 0.2) is 0 Å². The maximum absolute atomic E-state index is 13.1. The van der Waals surface area contributed by atoms with Crippen molar-refractivity contribution in [3.63, 3.8) is 0 Å². The average Bonchev–Trinajstić information content (AvgIpc) is 3.42. The molecule has 2 aliphatic rings. The maximum Gasteiger partial charge on any atom is 0.418 e. The van der Waals surface area contributed by atoms with Gasteiger partial charge in [-0.2, -0.15) is 13.2 Å². The Balaban J connectivity index is 1.34. The van der Waals surface area contributed by atoms with Crippen molar-refractivity contribution in [1.29, 1.82) is 0 Å². The van der Waals surface area contributed by atoms with E-state index >= 15 is 0 Å². The molecular weight excluding hydrogens is 592 g/mol. The van der Waals surface area contributed by atoms with Gasteiger partial charge in [-0.05, 0) is 40.1 Å². The highest BCUT2D eigenvalue weighted by Gasteiger charge is 2.46. The Morgan fingerprint density at radius 1 is 1.30 bits per heavy atom. The summed E-state index contributed by atoms with van der Waals surface area (Å²) < 4.78 is 45.2. The average molecular weight is 622 g/mol. The van der Waals surface area contributed by atoms with E-state index in [1.807, 2.05) is 33.0 Å². The third-order valence-corrected chi connectivity index (χ3v) is 7.91. The molecule has 2 aromatic rings. The van der Waals surface area contributed by atoms with Gasteiger partial charge in [-0.25, -0.2) is 15.0 Å². The van der Waals surface area contributed by atoms with Crippen LogP contribution in [0.1, 0.15) is 39.6 Å². The van der Waals surface area contributed by atoms with E-state index in [-0.39, 0.29) is 29.1 Å². The SMILES string of the molecule is CC(NC1OC1C1=C(Cl)C(NCCCN(C)C)=NCN1C)c1ncc(C(=O)Nc2cc(C(F)(F)F)c(Cl)cn2)s1. The molecule has 40 heavy (non-hydrogen) atoms. The Morgan fingerprint density at radius 3 is 2.75 bits per heavy atom. The fourth-order valence-corrected chi connectivity index (χ4v) is 5.36. The summed E-state index contributed by atoms with van der Waals surface area (Å²) in [6.45, 7) is 4.00. The lowest BCUT2D eigenvalue weighted by molar-refractivity contribution is -0.137. The maximum atomic E-state index is 13.1. The van der Waals surface area contributed by atoms with Crippen LogP contribution >= 0.6 is 34.5 Å². The summed E-state index contributed by atoms with van der Waals surface area (Å²) in [5.41, 5.74) is -0.261. The zero-order chi connectivity index (χ0) is 29.2. The molecule has 1 amide bonds. The number of aliphatic imine (C=N–C) groups is 1. The number of carbonyl (C=O) groups is 1. The highest BCUT2D eigenvalue weighted by Crippen LogP contribution is 2.37. The lowest BCUT2D eigenvalue weighted by Crippen LogP contribution is -2.37. The summed E-state index contributed by atoms with van der Waals surface area (Å²) in [5, 5.41) is 9.55. The van der Waals surface area contributed by atoms with Crippen molar-refractivity contribution in [2.24, 2.45) is 4.99 Å². The highest BCUT2D eigenvalue weighted by molar-refractivity contribution is 7.13. The van der Waals surface area contributed by atoms with Gasteiger partial charge in [0.2, 0.25) is 0 Å². The van der Waals surface area contributed by atoms with Gasteiger partial charge < -0.3 is 25.2 Å². The molecule has 0 spiro atoms. The lowest BCUT2D eigenvalue weighted by Gasteiger charge is -2.27. The zero-order valence-electron chi connectivity index (χ0n) is 22.1. The first kappa shape index (κ1) is 30.5. The lowest BCUT2D eigenvalue weighted by atomic mass is 10.2. The number of hydrogen-bond donors (Lipinski definition) is 3. The molecule has 1 saturated heterocycles. The smallest absolute Gasteiger partial charge is 0.369 e. The molecule has 218 valence electrons. The van der Waals surface area contributed by atoms with Crippen LogP contribution in [0.15, 0.2) is 34.2 Å². The van der Waals surface area contributed by atoms with Crippen LogP contribution in [0, 0.1) is 0 Å². The van der Waals surface area contributed by atoms with Crippen molar-refractivity contribution in [3.8, 4) is 0 Å². The number of amides is 1. The van der Waals surface area contributed by atoms with Gasteiger partial charge in [0.05, 0.1) is 28.5 Å². The molecule has 2 aliphatic heterocycles. The summed E-state index contributed by atoms with van der Waals surface area (Å²) in [4.78, 5) is 29.5. The number of hydrogen-bond acceptors (Lipinski definition) is 10. The largest absolute Gasteiger partial charge is 0.418 e. The minimum Gasteiger partial charge on any atom is -0.369 e. The number of alkyl halides is 3. The molecule has 0 bridgehead atoms. The second-order valence-electron chi connectivity index (χ2n) is 9.56. The van der Waals surface area contributed by atoms with Crippen LogP contribution < -0.4 is 16.0 Å². The number of thiazole rings is 1. The topological polar surface area (TPSA) is 110 Å². The molecule has 16 heteroatoms. The van der Waals surface area contributed by atoms with Gasteiger partial charge in [-0.15, -0.1) is 11.3 Å². The number of epoxide rings is 1. The first-order chi connectivity index (χ1) is 18.8. The number of anilines is 1. The minimum atomic E-state index is -4.68. The van der Waals surface area contributed by atoms with Gasteiger partial charge in [0.1, 0.15) is 45.6 Å². The van der Waals surface area contributed by atoms with Crippen LogP contribution in [-0.2, 0) is 10.9 Å². The summed E-state index contributed by atoms with van der Waals surface area (Å²) in [5.74, 6) is -0.261. The molecule has 0 aliphatic carbocycles. The summed E-state index contributed by atoms with van der Waals surface area (Å²) in [6, 6.07) is 0.409. The molecule has 3 unspecified atom stereocenters. The van der Waals surface area contributed by atoms with E-state index in [0.29, 0.717) is 28.6 Å². The molecule has 0 saturated carbocycles. The zero-order valence-corrected chi connectivity index (χ0v) is 24.5. The Morgan fingerprint density at radius 2 is 2.05 bits per heavy atom. The number of amidine groups is 1. The van der Waals surface area contributed by atoms with Crippen molar-refractivity contribution in [1.82, 2.24) is 30.4 Å². The number of pyridine rings is 1. The first-order valence-electron chi connectivity index (χ1n) is 12.3. The molecule has 4 rings (SSSR count). The van der Waals surface area contributed by atoms with Gasteiger partial charge in [-0.3, -0.25) is 10.1 Å². The third-order valence-electron chi connectivity index (χ3n) is 6.06. The molecule has 3 N–H and O–H groups in total. The van der Waals surface area contributed by atoms with E-state index in [4.69, 9.17) is 27.9 Å². The van der Waals surface area contributed by atoms with E-state index < -0.39 is 22.7 Å². The number of carbonyl (C=O) groups excluding carboxylic acids is 1. The first-order valence-corrected chi connectivity index (χ1v) is 13.9. The Labute approximate surface area is 243 Å². The summed E-state index contributed by atoms with van der Waals surface area (Å²) in [7, 11) is 5.94. The molecule has 3 atom stereocenters. The molecule has 1 fully saturated rings. The Bertz CT molecular complexity index is 1300. The van der Waals surface area contributed by atoms with Crippen LogP contribution in [0.4, 0.5) is 19.0 Å². The normalized spacial score (nSPS) is 20.1. The fourth-order valence-electron chi connectivity index (χ4n) is 3.95. The van der Waals surface area contributed by atoms with Crippen LogP contribution in [0.25, 0.3) is 0 Å². The number of ether oxygens (including phenoxy) is 1. The molecule has 2 aromatic heterocycles. The monoisotopic (exact) mass is 620 g/mol. The van der Waals surface area contributed by atoms with Crippen molar-refractivity contribution in [3.05, 3.63) is 49.7 Å². The van der Waals surface area contributed by atoms with Crippen molar-refractivity contribution >= 4 is 52.1 Å². The van der Waals surface area contributed by atoms with E-state index in [0.717, 1.165) is 42.7 Å². The van der Waals surface area contributed by atoms with Crippen LogP contribution in [-0.4, -0.2) is 84.7 Å². The van der Waals surface area contributed by atoms with Gasteiger partial charge in [-0.1, -0.05) is 23.2 Å². The minimum absolute atomic E-state index is 0.209. The molecule has 10 nitrogen and oxygen atoms in total.